The van der Waals surface area contributed by atoms with Gasteiger partial charge in [-0.3, -0.25) is 0 Å². The van der Waals surface area contributed by atoms with Crippen molar-refractivity contribution in [2.45, 2.75) is 6.42 Å². The summed E-state index contributed by atoms with van der Waals surface area (Å²) in [7, 11) is 6.99. The monoisotopic (exact) mass is 392 g/mol. The van der Waals surface area contributed by atoms with E-state index in [9.17, 15) is 0 Å². The fraction of sp³-hybridized carbons (Fsp3) is 0.273. The molecule has 2 aromatic carbocycles. The van der Waals surface area contributed by atoms with E-state index in [1.54, 1.807) is 27.7 Å². The molecule has 0 fully saturated rings. The van der Waals surface area contributed by atoms with Crippen LogP contribution in [0.4, 0.5) is 5.82 Å². The molecule has 0 spiro atoms. The summed E-state index contributed by atoms with van der Waals surface area (Å²) in [5, 5.41) is 1.02. The molecule has 2 aromatic heterocycles. The van der Waals surface area contributed by atoms with Crippen molar-refractivity contribution in [1.82, 2.24) is 15.0 Å². The molecule has 150 valence electrons. The number of aromatic nitrogens is 3. The maximum Gasteiger partial charge on any atom is 0.160 e. The first-order chi connectivity index (χ1) is 14.1. The fourth-order valence-electron chi connectivity index (χ4n) is 3.51. The van der Waals surface area contributed by atoms with Gasteiger partial charge in [-0.2, -0.15) is 0 Å². The van der Waals surface area contributed by atoms with Crippen LogP contribution in [0.2, 0.25) is 0 Å². The molecule has 0 bridgehead atoms. The lowest BCUT2D eigenvalue weighted by atomic mass is 10.1. The Morgan fingerprint density at radius 3 is 2.52 bits per heavy atom. The Morgan fingerprint density at radius 2 is 1.76 bits per heavy atom. The zero-order chi connectivity index (χ0) is 20.4. The topological polar surface area (TPSA) is 72.5 Å². The number of hydrogen-bond donors (Lipinski definition) is 1. The van der Waals surface area contributed by atoms with E-state index in [-0.39, 0.29) is 0 Å². The summed E-state index contributed by atoms with van der Waals surface area (Å²) < 4.78 is 16.1. The lowest BCUT2D eigenvalue weighted by Crippen LogP contribution is -2.21. The molecule has 0 aliphatic heterocycles. The molecule has 0 amide bonds. The van der Waals surface area contributed by atoms with E-state index in [2.05, 4.69) is 25.9 Å². The van der Waals surface area contributed by atoms with Crippen LogP contribution in [-0.4, -0.2) is 49.9 Å². The highest BCUT2D eigenvalue weighted by Crippen LogP contribution is 2.31. The van der Waals surface area contributed by atoms with E-state index >= 15 is 0 Å². The quantitative estimate of drug-likeness (QED) is 0.516. The van der Waals surface area contributed by atoms with E-state index in [0.29, 0.717) is 0 Å². The fourth-order valence-corrected chi connectivity index (χ4v) is 3.51. The number of hydrogen-bond acceptors (Lipinski definition) is 6. The molecule has 0 unspecified atom stereocenters. The Balaban J connectivity index is 1.61. The molecule has 0 saturated carbocycles. The number of methoxy groups -OCH3 is 3. The van der Waals surface area contributed by atoms with Crippen molar-refractivity contribution in [2.24, 2.45) is 0 Å². The van der Waals surface area contributed by atoms with Crippen LogP contribution in [0.25, 0.3) is 21.9 Å². The molecule has 0 atom stereocenters. The van der Waals surface area contributed by atoms with Crippen molar-refractivity contribution in [3.63, 3.8) is 0 Å². The SMILES string of the molecule is COc1ccc2[nH]c3c(N(C)CCc4ccc(OC)c(OC)c4)ncnc3c2c1. The van der Waals surface area contributed by atoms with Crippen LogP contribution >= 0.6 is 0 Å². The van der Waals surface area contributed by atoms with Gasteiger partial charge < -0.3 is 24.1 Å². The van der Waals surface area contributed by atoms with Crippen molar-refractivity contribution < 1.29 is 14.2 Å². The first-order valence-electron chi connectivity index (χ1n) is 9.37. The van der Waals surface area contributed by atoms with E-state index in [1.165, 1.54) is 5.56 Å². The highest BCUT2D eigenvalue weighted by Gasteiger charge is 2.14. The van der Waals surface area contributed by atoms with Gasteiger partial charge in [-0.1, -0.05) is 6.07 Å². The summed E-state index contributed by atoms with van der Waals surface area (Å²) in [5.41, 5.74) is 3.99. The molecule has 0 radical (unpaired) electrons. The molecule has 2 heterocycles. The molecule has 1 N–H and O–H groups in total. The first kappa shape index (κ1) is 18.9. The molecular formula is C22H24N4O3. The first-order valence-corrected chi connectivity index (χ1v) is 9.37. The van der Waals surface area contributed by atoms with Crippen molar-refractivity contribution in [3.8, 4) is 17.2 Å². The number of aromatic amines is 1. The Labute approximate surface area is 169 Å². The van der Waals surface area contributed by atoms with Gasteiger partial charge in [0.05, 0.1) is 21.3 Å². The highest BCUT2D eigenvalue weighted by molar-refractivity contribution is 6.08. The van der Waals surface area contributed by atoms with Crippen molar-refractivity contribution in [3.05, 3.63) is 48.3 Å². The molecule has 7 nitrogen and oxygen atoms in total. The lowest BCUT2D eigenvalue weighted by Gasteiger charge is -2.19. The van der Waals surface area contributed by atoms with Crippen LogP contribution in [0.5, 0.6) is 17.2 Å². The third-order valence-corrected chi connectivity index (χ3v) is 5.11. The summed E-state index contributed by atoms with van der Waals surface area (Å²) in [6.45, 7) is 0.792. The smallest absolute Gasteiger partial charge is 0.160 e. The van der Waals surface area contributed by atoms with Crippen LogP contribution < -0.4 is 19.1 Å². The van der Waals surface area contributed by atoms with Gasteiger partial charge in [0, 0.05) is 24.5 Å². The highest BCUT2D eigenvalue weighted by atomic mass is 16.5. The Bertz CT molecular complexity index is 1160. The average molecular weight is 392 g/mol. The molecule has 4 rings (SSSR count). The van der Waals surface area contributed by atoms with E-state index in [4.69, 9.17) is 14.2 Å². The minimum absolute atomic E-state index is 0.732. The minimum Gasteiger partial charge on any atom is -0.497 e. The van der Waals surface area contributed by atoms with Crippen LogP contribution in [0, 0.1) is 0 Å². The summed E-state index contributed by atoms with van der Waals surface area (Å²) in [5.74, 6) is 3.14. The van der Waals surface area contributed by atoms with Gasteiger partial charge in [0.25, 0.3) is 0 Å². The lowest BCUT2D eigenvalue weighted by molar-refractivity contribution is 0.354. The second-order valence-corrected chi connectivity index (χ2v) is 6.82. The molecule has 29 heavy (non-hydrogen) atoms. The predicted octanol–water partition coefficient (Wildman–Crippen LogP) is 3.82. The molecule has 0 aliphatic rings. The number of anilines is 1. The van der Waals surface area contributed by atoms with E-state index < -0.39 is 0 Å². The van der Waals surface area contributed by atoms with Gasteiger partial charge in [0.2, 0.25) is 0 Å². The number of H-pyrrole nitrogens is 1. The second kappa shape index (κ2) is 7.87. The van der Waals surface area contributed by atoms with Gasteiger partial charge in [-0.15, -0.1) is 0 Å². The largest absolute Gasteiger partial charge is 0.497 e. The summed E-state index contributed by atoms with van der Waals surface area (Å²) in [6, 6.07) is 11.9. The summed E-state index contributed by atoms with van der Waals surface area (Å²) in [6.07, 6.45) is 2.45. The Morgan fingerprint density at radius 1 is 0.931 bits per heavy atom. The van der Waals surface area contributed by atoms with E-state index in [0.717, 1.165) is 58.0 Å². The number of nitrogens with zero attached hydrogens (tertiary/aromatic N) is 3. The van der Waals surface area contributed by atoms with E-state index in [1.807, 2.05) is 37.4 Å². The van der Waals surface area contributed by atoms with Crippen LogP contribution in [0.3, 0.4) is 0 Å². The summed E-state index contributed by atoms with van der Waals surface area (Å²) in [4.78, 5) is 14.6. The number of ether oxygens (including phenoxy) is 3. The standard InChI is InChI=1S/C22H24N4O3/c1-26(10-9-14-5-8-18(28-3)19(11-14)29-4)22-21-20(23-13-24-22)16-12-15(27-2)6-7-17(16)25-21/h5-8,11-13,25H,9-10H2,1-4H3. The van der Waals surface area contributed by atoms with Gasteiger partial charge in [0.15, 0.2) is 17.3 Å². The van der Waals surface area contributed by atoms with Gasteiger partial charge in [0.1, 0.15) is 23.1 Å². The normalized spacial score (nSPS) is 11.0. The third-order valence-electron chi connectivity index (χ3n) is 5.11. The second-order valence-electron chi connectivity index (χ2n) is 6.82. The van der Waals surface area contributed by atoms with Gasteiger partial charge in [-0.05, 0) is 42.3 Å². The molecule has 7 heteroatoms. The molecule has 4 aromatic rings. The third kappa shape index (κ3) is 3.51. The maximum atomic E-state index is 5.40. The van der Waals surface area contributed by atoms with Crippen molar-refractivity contribution in [1.29, 1.82) is 0 Å². The molecule has 0 saturated heterocycles. The predicted molar refractivity (Wildman–Crippen MR) is 114 cm³/mol. The number of benzene rings is 2. The minimum atomic E-state index is 0.732. The van der Waals surface area contributed by atoms with Crippen LogP contribution in [0.1, 0.15) is 5.56 Å². The Hall–Kier alpha value is -3.48. The van der Waals surface area contributed by atoms with Gasteiger partial charge in [-0.25, -0.2) is 9.97 Å². The molecular weight excluding hydrogens is 368 g/mol. The zero-order valence-corrected chi connectivity index (χ0v) is 17.0. The number of rotatable bonds is 7. The van der Waals surface area contributed by atoms with Crippen LogP contribution in [-0.2, 0) is 6.42 Å². The number of nitrogens with one attached hydrogen (secondary N) is 1. The van der Waals surface area contributed by atoms with Gasteiger partial charge >= 0.3 is 0 Å². The average Bonchev–Trinajstić information content (AvgIpc) is 3.15. The number of likely N-dealkylation sites (N-methyl/N-ethyl adjacent to an activating group) is 1. The van der Waals surface area contributed by atoms with Crippen LogP contribution in [0.15, 0.2) is 42.7 Å². The zero-order valence-electron chi connectivity index (χ0n) is 17.0. The van der Waals surface area contributed by atoms with Crippen molar-refractivity contribution in [2.75, 3.05) is 39.8 Å². The van der Waals surface area contributed by atoms with Crippen molar-refractivity contribution >= 4 is 27.8 Å². The number of fused-ring (bicyclic) bond motifs is 3. The molecule has 0 aliphatic carbocycles. The summed E-state index contributed by atoms with van der Waals surface area (Å²) >= 11 is 0. The maximum absolute atomic E-state index is 5.40. The Kier molecular flexibility index (Phi) is 5.12.